The molecule has 1 atom stereocenters. The highest BCUT2D eigenvalue weighted by molar-refractivity contribution is 5.90. The molecule has 0 fully saturated rings. The van der Waals surface area contributed by atoms with Crippen molar-refractivity contribution in [3.8, 4) is 0 Å². The quantitative estimate of drug-likeness (QED) is 0.846. The number of carbonyl (C=O) groups excluding carboxylic acids is 1. The topological polar surface area (TPSA) is 51.2 Å². The average Bonchev–Trinajstić information content (AvgIpc) is 2.48. The fraction of sp³-hybridized carbons (Fsp3) is 0.250. The van der Waals surface area contributed by atoms with Crippen LogP contribution in [-0.2, 0) is 4.74 Å². The second kappa shape index (κ2) is 6.70. The molecule has 1 unspecified atom stereocenters. The van der Waals surface area contributed by atoms with E-state index in [1.165, 1.54) is 0 Å². The van der Waals surface area contributed by atoms with Gasteiger partial charge in [0.15, 0.2) is 0 Å². The van der Waals surface area contributed by atoms with Crippen LogP contribution in [-0.4, -0.2) is 17.6 Å². The number of esters is 1. The van der Waals surface area contributed by atoms with Gasteiger partial charge >= 0.3 is 5.97 Å². The highest BCUT2D eigenvalue weighted by Crippen LogP contribution is 2.19. The Morgan fingerprint density at radius 2 is 2.05 bits per heavy atom. The first-order valence-electron chi connectivity index (χ1n) is 6.64. The van der Waals surface area contributed by atoms with Gasteiger partial charge in [-0.1, -0.05) is 6.07 Å². The van der Waals surface area contributed by atoms with Crippen molar-refractivity contribution < 1.29 is 9.53 Å². The van der Waals surface area contributed by atoms with Gasteiger partial charge in [0.25, 0.3) is 0 Å². The van der Waals surface area contributed by atoms with E-state index in [0.29, 0.717) is 12.2 Å². The maximum Gasteiger partial charge on any atom is 0.338 e. The first-order chi connectivity index (χ1) is 9.70. The maximum atomic E-state index is 11.7. The zero-order valence-corrected chi connectivity index (χ0v) is 11.7. The Balaban J connectivity index is 2.10. The van der Waals surface area contributed by atoms with Crippen LogP contribution in [0.1, 0.15) is 35.8 Å². The Morgan fingerprint density at radius 1 is 1.30 bits per heavy atom. The summed E-state index contributed by atoms with van der Waals surface area (Å²) in [7, 11) is 0. The number of anilines is 1. The van der Waals surface area contributed by atoms with Crippen molar-refractivity contribution in [1.82, 2.24) is 4.98 Å². The van der Waals surface area contributed by atoms with Crippen molar-refractivity contribution in [3.05, 3.63) is 59.9 Å². The van der Waals surface area contributed by atoms with Gasteiger partial charge in [0.1, 0.15) is 0 Å². The molecule has 0 spiro atoms. The van der Waals surface area contributed by atoms with Crippen molar-refractivity contribution in [1.29, 1.82) is 0 Å². The third-order valence-electron chi connectivity index (χ3n) is 2.96. The molecule has 1 N–H and O–H groups in total. The average molecular weight is 270 g/mol. The maximum absolute atomic E-state index is 11.7. The number of benzene rings is 1. The molecule has 0 amide bonds. The number of carbonyl (C=O) groups is 1. The summed E-state index contributed by atoms with van der Waals surface area (Å²) in [5, 5.41) is 3.36. The molecule has 0 saturated heterocycles. The Hall–Kier alpha value is -2.36. The van der Waals surface area contributed by atoms with Gasteiger partial charge in [-0.3, -0.25) is 4.98 Å². The summed E-state index contributed by atoms with van der Waals surface area (Å²) in [6.45, 7) is 4.24. The van der Waals surface area contributed by atoms with Gasteiger partial charge in [-0.05, 0) is 49.7 Å². The van der Waals surface area contributed by atoms with E-state index in [4.69, 9.17) is 4.74 Å². The summed E-state index contributed by atoms with van der Waals surface area (Å²) in [5.74, 6) is -0.298. The van der Waals surface area contributed by atoms with Gasteiger partial charge in [0, 0.05) is 24.1 Å². The van der Waals surface area contributed by atoms with Crippen LogP contribution in [0.3, 0.4) is 0 Å². The third-order valence-corrected chi connectivity index (χ3v) is 2.96. The molecule has 0 bridgehead atoms. The van der Waals surface area contributed by atoms with Gasteiger partial charge in [-0.15, -0.1) is 0 Å². The smallest absolute Gasteiger partial charge is 0.338 e. The first kappa shape index (κ1) is 14.1. The Morgan fingerprint density at radius 3 is 2.75 bits per heavy atom. The largest absolute Gasteiger partial charge is 0.462 e. The van der Waals surface area contributed by atoms with E-state index in [9.17, 15) is 4.79 Å². The first-order valence-corrected chi connectivity index (χ1v) is 6.64. The van der Waals surface area contributed by atoms with Gasteiger partial charge in [-0.25, -0.2) is 4.79 Å². The van der Waals surface area contributed by atoms with E-state index in [-0.39, 0.29) is 12.0 Å². The van der Waals surface area contributed by atoms with E-state index < -0.39 is 0 Å². The minimum atomic E-state index is -0.298. The summed E-state index contributed by atoms with van der Waals surface area (Å²) in [6.07, 6.45) is 3.53. The van der Waals surface area contributed by atoms with Crippen LogP contribution in [0.5, 0.6) is 0 Å². The standard InChI is InChI=1S/C16H18N2O2/c1-3-20-16(19)14-5-4-6-15(11-14)18-12(2)13-7-9-17-10-8-13/h4-12,18H,3H2,1-2H3. The molecule has 0 aliphatic rings. The minimum Gasteiger partial charge on any atom is -0.462 e. The fourth-order valence-corrected chi connectivity index (χ4v) is 1.94. The minimum absolute atomic E-state index is 0.135. The van der Waals surface area contributed by atoms with Crippen LogP contribution in [0.25, 0.3) is 0 Å². The molecule has 2 rings (SSSR count). The molecule has 0 aliphatic heterocycles. The molecule has 0 radical (unpaired) electrons. The summed E-state index contributed by atoms with van der Waals surface area (Å²) >= 11 is 0. The number of pyridine rings is 1. The number of hydrogen-bond acceptors (Lipinski definition) is 4. The highest BCUT2D eigenvalue weighted by Gasteiger charge is 2.09. The second-order valence-electron chi connectivity index (χ2n) is 4.45. The number of hydrogen-bond donors (Lipinski definition) is 1. The number of nitrogens with zero attached hydrogens (tertiary/aromatic N) is 1. The molecule has 4 heteroatoms. The zero-order valence-electron chi connectivity index (χ0n) is 11.7. The Bertz CT molecular complexity index is 570. The van der Waals surface area contributed by atoms with Crippen LogP contribution in [0.4, 0.5) is 5.69 Å². The monoisotopic (exact) mass is 270 g/mol. The van der Waals surface area contributed by atoms with Crippen molar-refractivity contribution in [2.24, 2.45) is 0 Å². The van der Waals surface area contributed by atoms with Crippen molar-refractivity contribution in [3.63, 3.8) is 0 Å². The summed E-state index contributed by atoms with van der Waals surface area (Å²) < 4.78 is 5.00. The highest BCUT2D eigenvalue weighted by atomic mass is 16.5. The van der Waals surface area contributed by atoms with E-state index in [1.54, 1.807) is 31.5 Å². The normalized spacial score (nSPS) is 11.7. The molecular formula is C16H18N2O2. The van der Waals surface area contributed by atoms with Crippen LogP contribution >= 0.6 is 0 Å². The summed E-state index contributed by atoms with van der Waals surface area (Å²) in [5.41, 5.74) is 2.58. The summed E-state index contributed by atoms with van der Waals surface area (Å²) in [6, 6.07) is 11.4. The molecule has 2 aromatic rings. The van der Waals surface area contributed by atoms with E-state index in [1.807, 2.05) is 24.3 Å². The molecule has 104 valence electrons. The molecule has 0 saturated carbocycles. The van der Waals surface area contributed by atoms with Crippen LogP contribution in [0.2, 0.25) is 0 Å². The van der Waals surface area contributed by atoms with Crippen LogP contribution in [0, 0.1) is 0 Å². The van der Waals surface area contributed by atoms with Gasteiger partial charge in [-0.2, -0.15) is 0 Å². The SMILES string of the molecule is CCOC(=O)c1cccc(NC(C)c2ccncc2)c1. The lowest BCUT2D eigenvalue weighted by atomic mass is 10.1. The van der Waals surface area contributed by atoms with Gasteiger partial charge < -0.3 is 10.1 Å². The number of ether oxygens (including phenoxy) is 1. The lowest BCUT2D eigenvalue weighted by Gasteiger charge is -2.16. The molecule has 1 aromatic carbocycles. The summed E-state index contributed by atoms with van der Waals surface area (Å²) in [4.78, 5) is 15.7. The van der Waals surface area contributed by atoms with Gasteiger partial charge in [0.05, 0.1) is 12.2 Å². The zero-order chi connectivity index (χ0) is 14.4. The molecule has 4 nitrogen and oxygen atoms in total. The lowest BCUT2D eigenvalue weighted by molar-refractivity contribution is 0.0526. The molecular weight excluding hydrogens is 252 g/mol. The van der Waals surface area contributed by atoms with Crippen LogP contribution in [0.15, 0.2) is 48.8 Å². The second-order valence-corrected chi connectivity index (χ2v) is 4.45. The Labute approximate surface area is 118 Å². The predicted octanol–water partition coefficient (Wildman–Crippen LogP) is 3.43. The van der Waals surface area contributed by atoms with E-state index in [2.05, 4.69) is 17.2 Å². The Kier molecular flexibility index (Phi) is 4.71. The van der Waals surface area contributed by atoms with Crippen molar-refractivity contribution >= 4 is 11.7 Å². The lowest BCUT2D eigenvalue weighted by Crippen LogP contribution is -2.08. The van der Waals surface area contributed by atoms with Crippen LogP contribution < -0.4 is 5.32 Å². The van der Waals surface area contributed by atoms with Crippen molar-refractivity contribution in [2.45, 2.75) is 19.9 Å². The molecule has 0 aliphatic carbocycles. The fourth-order valence-electron chi connectivity index (χ4n) is 1.94. The van der Waals surface area contributed by atoms with E-state index in [0.717, 1.165) is 11.3 Å². The predicted molar refractivity (Wildman–Crippen MR) is 78.7 cm³/mol. The number of rotatable bonds is 5. The molecule has 20 heavy (non-hydrogen) atoms. The third kappa shape index (κ3) is 3.57. The molecule has 1 aromatic heterocycles. The van der Waals surface area contributed by atoms with Crippen molar-refractivity contribution in [2.75, 3.05) is 11.9 Å². The van der Waals surface area contributed by atoms with E-state index >= 15 is 0 Å². The number of aromatic nitrogens is 1. The number of nitrogens with one attached hydrogen (secondary N) is 1. The molecule has 1 heterocycles. The van der Waals surface area contributed by atoms with Gasteiger partial charge in [0.2, 0.25) is 0 Å².